The first-order valence-corrected chi connectivity index (χ1v) is 7.22. The topological polar surface area (TPSA) is 29.0 Å². The fraction of sp³-hybridized carbons (Fsp3) is 0.375. The van der Waals surface area contributed by atoms with Crippen LogP contribution in [-0.2, 0) is 6.42 Å². The molecule has 4 heteroatoms. The van der Waals surface area contributed by atoms with Crippen LogP contribution >= 0.6 is 11.6 Å². The Labute approximate surface area is 124 Å². The molecule has 1 aromatic carbocycles. The van der Waals surface area contributed by atoms with Crippen LogP contribution in [0.1, 0.15) is 35.4 Å². The third kappa shape index (κ3) is 2.06. The van der Waals surface area contributed by atoms with E-state index in [4.69, 9.17) is 11.6 Å². The lowest BCUT2D eigenvalue weighted by Gasteiger charge is -2.22. The third-order valence-electron chi connectivity index (χ3n) is 3.95. The molecule has 0 spiro atoms. The Morgan fingerprint density at radius 2 is 2.00 bits per heavy atom. The quantitative estimate of drug-likeness (QED) is 0.681. The van der Waals surface area contributed by atoms with Crippen LogP contribution in [0.4, 0.5) is 11.5 Å². The van der Waals surface area contributed by atoms with Gasteiger partial charge in [-0.25, -0.2) is 9.97 Å². The van der Waals surface area contributed by atoms with Gasteiger partial charge in [-0.2, -0.15) is 0 Å². The Hall–Kier alpha value is -1.61. The fourth-order valence-electron chi connectivity index (χ4n) is 2.90. The average Bonchev–Trinajstić information content (AvgIpc) is 2.49. The van der Waals surface area contributed by atoms with Gasteiger partial charge in [-0.3, -0.25) is 0 Å². The summed E-state index contributed by atoms with van der Waals surface area (Å²) < 4.78 is 0. The van der Waals surface area contributed by atoms with E-state index in [1.54, 1.807) is 0 Å². The molecular weight excluding hydrogens is 270 g/mol. The van der Waals surface area contributed by atoms with E-state index >= 15 is 0 Å². The highest BCUT2D eigenvalue weighted by atomic mass is 35.5. The highest BCUT2D eigenvalue weighted by molar-refractivity contribution is 6.30. The second-order valence-electron chi connectivity index (χ2n) is 5.59. The summed E-state index contributed by atoms with van der Waals surface area (Å²) in [6.07, 6.45) is 0.870. The Morgan fingerprint density at radius 3 is 2.75 bits per heavy atom. The number of halogens is 1. The Bertz CT molecular complexity index is 682. The maximum absolute atomic E-state index is 6.35. The smallest absolute Gasteiger partial charge is 0.141 e. The first kappa shape index (κ1) is 13.4. The van der Waals surface area contributed by atoms with Crippen molar-refractivity contribution in [2.24, 2.45) is 0 Å². The number of aromatic nitrogens is 2. The number of fused-ring (bicyclic) bond motifs is 2. The van der Waals surface area contributed by atoms with Crippen molar-refractivity contribution in [3.63, 3.8) is 0 Å². The number of benzene rings is 1. The van der Waals surface area contributed by atoms with Crippen molar-refractivity contribution in [3.05, 3.63) is 45.9 Å². The number of hydrogen-bond acceptors (Lipinski definition) is 3. The van der Waals surface area contributed by atoms with Gasteiger partial charge in [0.2, 0.25) is 0 Å². The van der Waals surface area contributed by atoms with Crippen molar-refractivity contribution in [2.75, 3.05) is 11.9 Å². The second-order valence-corrected chi connectivity index (χ2v) is 5.95. The van der Waals surface area contributed by atoms with E-state index in [2.05, 4.69) is 46.9 Å². The van der Waals surface area contributed by atoms with Gasteiger partial charge in [0.25, 0.3) is 0 Å². The van der Waals surface area contributed by atoms with E-state index in [0.717, 1.165) is 17.8 Å². The molecule has 0 saturated heterocycles. The van der Waals surface area contributed by atoms with Gasteiger partial charge in [0, 0.05) is 18.3 Å². The van der Waals surface area contributed by atoms with Gasteiger partial charge in [0.1, 0.15) is 16.8 Å². The molecule has 1 unspecified atom stereocenters. The van der Waals surface area contributed by atoms with E-state index < -0.39 is 0 Å². The van der Waals surface area contributed by atoms with Crippen LogP contribution in [0.15, 0.2) is 18.2 Å². The van der Waals surface area contributed by atoms with E-state index in [1.807, 2.05) is 14.0 Å². The molecule has 1 atom stereocenters. The number of aryl methyl sites for hydroxylation is 2. The molecule has 2 aromatic rings. The lowest BCUT2D eigenvalue weighted by atomic mass is 9.93. The fourth-order valence-corrected chi connectivity index (χ4v) is 3.19. The standard InChI is InChI=1S/C16H18ClN3/c1-9-5-6-14-12(7-9)10(2)8-13-15(17)18-11(3)19-16(13)20(14)4/h5-7,10H,8H2,1-4H3. The van der Waals surface area contributed by atoms with Crippen molar-refractivity contribution < 1.29 is 0 Å². The maximum Gasteiger partial charge on any atom is 0.141 e. The highest BCUT2D eigenvalue weighted by Crippen LogP contribution is 2.41. The molecule has 0 saturated carbocycles. The van der Waals surface area contributed by atoms with Gasteiger partial charge in [0.15, 0.2) is 0 Å². The van der Waals surface area contributed by atoms with Crippen molar-refractivity contribution in [1.29, 1.82) is 0 Å². The monoisotopic (exact) mass is 287 g/mol. The molecule has 3 rings (SSSR count). The van der Waals surface area contributed by atoms with Crippen LogP contribution < -0.4 is 4.90 Å². The number of nitrogens with zero attached hydrogens (tertiary/aromatic N) is 3. The SMILES string of the molecule is Cc1ccc2c(c1)C(C)Cc1c(Cl)nc(C)nc1N2C. The molecule has 1 aliphatic rings. The third-order valence-corrected chi connectivity index (χ3v) is 4.26. The predicted octanol–water partition coefficient (Wildman–Crippen LogP) is 4.17. The molecule has 0 fully saturated rings. The number of hydrogen-bond donors (Lipinski definition) is 0. The summed E-state index contributed by atoms with van der Waals surface area (Å²) in [5.74, 6) is 2.04. The van der Waals surface area contributed by atoms with Gasteiger partial charge in [-0.1, -0.05) is 36.2 Å². The highest BCUT2D eigenvalue weighted by Gasteiger charge is 2.26. The Kier molecular flexibility index (Phi) is 3.17. The van der Waals surface area contributed by atoms with Crippen LogP contribution in [-0.4, -0.2) is 17.0 Å². The lowest BCUT2D eigenvalue weighted by molar-refractivity contribution is 0.762. The Morgan fingerprint density at radius 1 is 1.25 bits per heavy atom. The first-order chi connectivity index (χ1) is 9.47. The molecule has 20 heavy (non-hydrogen) atoms. The van der Waals surface area contributed by atoms with Gasteiger partial charge in [0.05, 0.1) is 0 Å². The molecule has 0 amide bonds. The minimum Gasteiger partial charge on any atom is -0.329 e. The first-order valence-electron chi connectivity index (χ1n) is 6.84. The van der Waals surface area contributed by atoms with Crippen molar-refractivity contribution in [1.82, 2.24) is 9.97 Å². The minimum absolute atomic E-state index is 0.400. The summed E-state index contributed by atoms with van der Waals surface area (Å²) >= 11 is 6.35. The van der Waals surface area contributed by atoms with E-state index in [0.29, 0.717) is 16.9 Å². The lowest BCUT2D eigenvalue weighted by Crippen LogP contribution is -2.14. The van der Waals surface area contributed by atoms with Crippen LogP contribution in [0.25, 0.3) is 0 Å². The summed E-state index contributed by atoms with van der Waals surface area (Å²) in [5.41, 5.74) is 4.87. The summed E-state index contributed by atoms with van der Waals surface area (Å²) in [7, 11) is 2.05. The average molecular weight is 288 g/mol. The van der Waals surface area contributed by atoms with Gasteiger partial charge in [-0.15, -0.1) is 0 Å². The normalized spacial score (nSPS) is 17.4. The zero-order valence-electron chi connectivity index (χ0n) is 12.2. The molecule has 2 heterocycles. The van der Waals surface area contributed by atoms with Crippen LogP contribution in [0, 0.1) is 13.8 Å². The maximum atomic E-state index is 6.35. The van der Waals surface area contributed by atoms with Crippen molar-refractivity contribution in [2.45, 2.75) is 33.1 Å². The molecule has 1 aliphatic heterocycles. The van der Waals surface area contributed by atoms with Crippen LogP contribution in [0.2, 0.25) is 5.15 Å². The molecule has 3 nitrogen and oxygen atoms in total. The molecule has 0 N–H and O–H groups in total. The zero-order valence-corrected chi connectivity index (χ0v) is 13.0. The molecule has 104 valence electrons. The van der Waals surface area contributed by atoms with Gasteiger partial charge in [-0.05, 0) is 37.8 Å². The predicted molar refractivity (Wildman–Crippen MR) is 83.1 cm³/mol. The zero-order chi connectivity index (χ0) is 14.4. The molecule has 0 bridgehead atoms. The van der Waals surface area contributed by atoms with Crippen molar-refractivity contribution in [3.8, 4) is 0 Å². The van der Waals surface area contributed by atoms with E-state index in [-0.39, 0.29) is 0 Å². The van der Waals surface area contributed by atoms with Crippen LogP contribution in [0.3, 0.4) is 0 Å². The summed E-state index contributed by atoms with van der Waals surface area (Å²) in [6, 6.07) is 6.57. The summed E-state index contributed by atoms with van der Waals surface area (Å²) in [6.45, 7) is 6.24. The molecular formula is C16H18ClN3. The van der Waals surface area contributed by atoms with E-state index in [1.165, 1.54) is 16.8 Å². The van der Waals surface area contributed by atoms with Crippen LogP contribution in [0.5, 0.6) is 0 Å². The van der Waals surface area contributed by atoms with E-state index in [9.17, 15) is 0 Å². The number of anilines is 2. The van der Waals surface area contributed by atoms with Crippen molar-refractivity contribution >= 4 is 23.1 Å². The largest absolute Gasteiger partial charge is 0.329 e. The Balaban J connectivity index is 2.25. The summed E-state index contributed by atoms with van der Waals surface area (Å²) in [5, 5.41) is 0.579. The summed E-state index contributed by atoms with van der Waals surface area (Å²) in [4.78, 5) is 11.0. The number of rotatable bonds is 0. The van der Waals surface area contributed by atoms with Gasteiger partial charge < -0.3 is 4.90 Å². The molecule has 0 aliphatic carbocycles. The second kappa shape index (κ2) is 4.74. The minimum atomic E-state index is 0.400. The molecule has 1 aromatic heterocycles. The molecule has 0 radical (unpaired) electrons. The van der Waals surface area contributed by atoms with Gasteiger partial charge >= 0.3 is 0 Å².